The van der Waals surface area contributed by atoms with Crippen LogP contribution in [0.15, 0.2) is 78.9 Å². The Balaban J connectivity index is 1.61. The van der Waals surface area contributed by atoms with Crippen molar-refractivity contribution in [2.24, 2.45) is 0 Å². The van der Waals surface area contributed by atoms with Crippen LogP contribution in [-0.2, 0) is 4.74 Å². The molecule has 0 aliphatic heterocycles. The van der Waals surface area contributed by atoms with Crippen molar-refractivity contribution in [1.29, 1.82) is 0 Å². The van der Waals surface area contributed by atoms with Crippen molar-refractivity contribution in [3.8, 4) is 11.1 Å². The van der Waals surface area contributed by atoms with Crippen LogP contribution < -0.4 is 0 Å². The van der Waals surface area contributed by atoms with Crippen molar-refractivity contribution in [2.45, 2.75) is 0 Å². The highest BCUT2D eigenvalue weighted by Gasteiger charge is 2.12. The molecule has 0 aliphatic rings. The van der Waals surface area contributed by atoms with E-state index in [1.807, 2.05) is 42.5 Å². The Bertz CT molecular complexity index is 869. The van der Waals surface area contributed by atoms with Gasteiger partial charge < -0.3 is 4.74 Å². The van der Waals surface area contributed by atoms with Crippen molar-refractivity contribution < 1.29 is 14.3 Å². The Morgan fingerprint density at radius 1 is 0.720 bits per heavy atom. The molecule has 0 spiro atoms. The first kappa shape index (κ1) is 16.9. The van der Waals surface area contributed by atoms with Crippen molar-refractivity contribution in [3.05, 3.63) is 95.0 Å². The number of rotatable bonds is 5. The maximum Gasteiger partial charge on any atom is 0.338 e. The minimum Gasteiger partial charge on any atom is -0.454 e. The lowest BCUT2D eigenvalue weighted by Crippen LogP contribution is -2.14. The van der Waals surface area contributed by atoms with Gasteiger partial charge in [-0.05, 0) is 35.4 Å². The number of Topliss-reactive ketones (excluding diaryl/α,β-unsaturated/α-hetero) is 1. The third-order valence-corrected chi connectivity index (χ3v) is 3.98. The number of ketones is 1. The fraction of sp³-hybridized carbons (Fsp3) is 0.0476. The Morgan fingerprint density at radius 3 is 1.92 bits per heavy atom. The molecule has 0 atom stereocenters. The number of carbonyl (C=O) groups is 2. The molecule has 0 unspecified atom stereocenters. The summed E-state index contributed by atoms with van der Waals surface area (Å²) >= 11 is 5.77. The maximum atomic E-state index is 12.2. The number of carbonyl (C=O) groups excluding carboxylic acids is 2. The third-order valence-electron chi connectivity index (χ3n) is 3.73. The Kier molecular flexibility index (Phi) is 5.26. The topological polar surface area (TPSA) is 43.4 Å². The summed E-state index contributed by atoms with van der Waals surface area (Å²) in [5.41, 5.74) is 2.96. The van der Waals surface area contributed by atoms with Crippen LogP contribution in [0.3, 0.4) is 0 Å². The maximum absolute atomic E-state index is 12.2. The molecular weight excluding hydrogens is 336 g/mol. The molecule has 0 saturated carbocycles. The number of hydrogen-bond acceptors (Lipinski definition) is 3. The molecule has 0 saturated heterocycles. The first-order valence-corrected chi connectivity index (χ1v) is 8.12. The van der Waals surface area contributed by atoms with Crippen LogP contribution in [0.2, 0.25) is 5.02 Å². The first-order chi connectivity index (χ1) is 12.1. The zero-order chi connectivity index (χ0) is 17.6. The van der Waals surface area contributed by atoms with Gasteiger partial charge in [-0.1, -0.05) is 66.2 Å². The molecule has 0 amide bonds. The second kappa shape index (κ2) is 7.77. The fourth-order valence-corrected chi connectivity index (χ4v) is 2.49. The molecule has 3 aromatic rings. The highest BCUT2D eigenvalue weighted by molar-refractivity contribution is 6.30. The number of halogens is 1. The van der Waals surface area contributed by atoms with E-state index < -0.39 is 5.97 Å². The van der Waals surface area contributed by atoms with Gasteiger partial charge in [0.05, 0.1) is 5.56 Å². The number of esters is 1. The number of benzene rings is 3. The molecule has 0 aliphatic carbocycles. The van der Waals surface area contributed by atoms with Crippen LogP contribution >= 0.6 is 11.6 Å². The zero-order valence-electron chi connectivity index (χ0n) is 13.3. The fourth-order valence-electron chi connectivity index (χ4n) is 2.36. The van der Waals surface area contributed by atoms with E-state index in [0.29, 0.717) is 16.1 Å². The standard InChI is InChI=1S/C21H15ClO3/c22-19-12-10-18(11-13-19)21(24)25-14-20(23)17-8-6-16(7-9-17)15-4-2-1-3-5-15/h1-13H,14H2. The normalized spacial score (nSPS) is 10.3. The minimum absolute atomic E-state index is 0.248. The van der Waals surface area contributed by atoms with E-state index in [4.69, 9.17) is 16.3 Å². The highest BCUT2D eigenvalue weighted by atomic mass is 35.5. The van der Waals surface area contributed by atoms with Gasteiger partial charge in [0, 0.05) is 10.6 Å². The predicted octanol–water partition coefficient (Wildman–Crippen LogP) is 5.05. The number of ether oxygens (including phenoxy) is 1. The van der Waals surface area contributed by atoms with E-state index in [0.717, 1.165) is 11.1 Å². The minimum atomic E-state index is -0.550. The average Bonchev–Trinajstić information content (AvgIpc) is 2.67. The lowest BCUT2D eigenvalue weighted by molar-refractivity contribution is 0.0475. The van der Waals surface area contributed by atoms with E-state index >= 15 is 0 Å². The summed E-state index contributed by atoms with van der Waals surface area (Å²) in [7, 11) is 0. The monoisotopic (exact) mass is 350 g/mol. The van der Waals surface area contributed by atoms with Gasteiger partial charge in [0.25, 0.3) is 0 Å². The van der Waals surface area contributed by atoms with Gasteiger partial charge in [0.15, 0.2) is 12.4 Å². The van der Waals surface area contributed by atoms with Crippen LogP contribution in [0.25, 0.3) is 11.1 Å². The van der Waals surface area contributed by atoms with E-state index in [9.17, 15) is 9.59 Å². The van der Waals surface area contributed by atoms with Crippen molar-refractivity contribution in [3.63, 3.8) is 0 Å². The van der Waals surface area contributed by atoms with Crippen LogP contribution in [0, 0.1) is 0 Å². The molecule has 0 radical (unpaired) electrons. The average molecular weight is 351 g/mol. The molecular formula is C21H15ClO3. The van der Waals surface area contributed by atoms with Gasteiger partial charge in [-0.2, -0.15) is 0 Å². The van der Waals surface area contributed by atoms with Crippen molar-refractivity contribution in [1.82, 2.24) is 0 Å². The van der Waals surface area contributed by atoms with Crippen LogP contribution in [0.1, 0.15) is 20.7 Å². The van der Waals surface area contributed by atoms with Crippen LogP contribution in [-0.4, -0.2) is 18.4 Å². The first-order valence-electron chi connectivity index (χ1n) is 7.75. The summed E-state index contributed by atoms with van der Waals surface area (Å²) < 4.78 is 5.07. The van der Waals surface area contributed by atoms with Gasteiger partial charge in [-0.25, -0.2) is 4.79 Å². The predicted molar refractivity (Wildman–Crippen MR) is 97.9 cm³/mol. The molecule has 0 aromatic heterocycles. The molecule has 25 heavy (non-hydrogen) atoms. The Hall–Kier alpha value is -2.91. The molecule has 4 heteroatoms. The second-order valence-electron chi connectivity index (χ2n) is 5.45. The summed E-state index contributed by atoms with van der Waals surface area (Å²) in [6, 6.07) is 23.4. The molecule has 0 N–H and O–H groups in total. The van der Waals surface area contributed by atoms with Crippen molar-refractivity contribution >= 4 is 23.4 Å². The summed E-state index contributed by atoms with van der Waals surface area (Å²) in [6.07, 6.45) is 0. The third kappa shape index (κ3) is 4.34. The summed E-state index contributed by atoms with van der Waals surface area (Å²) in [6.45, 7) is -0.299. The Morgan fingerprint density at radius 2 is 1.28 bits per heavy atom. The van der Waals surface area contributed by atoms with Crippen molar-refractivity contribution in [2.75, 3.05) is 6.61 Å². The van der Waals surface area contributed by atoms with Gasteiger partial charge >= 0.3 is 5.97 Å². The van der Waals surface area contributed by atoms with E-state index in [1.54, 1.807) is 36.4 Å². The van der Waals surface area contributed by atoms with Gasteiger partial charge in [-0.15, -0.1) is 0 Å². The molecule has 0 bridgehead atoms. The van der Waals surface area contributed by atoms with Gasteiger partial charge in [-0.3, -0.25) is 4.79 Å². The summed E-state index contributed by atoms with van der Waals surface area (Å²) in [4.78, 5) is 24.1. The molecule has 0 fully saturated rings. The van der Waals surface area contributed by atoms with E-state index in [-0.39, 0.29) is 12.4 Å². The SMILES string of the molecule is O=C(COC(=O)c1ccc(Cl)cc1)c1ccc(-c2ccccc2)cc1. The molecule has 3 rings (SSSR count). The van der Waals surface area contributed by atoms with Gasteiger partial charge in [0.1, 0.15) is 0 Å². The zero-order valence-corrected chi connectivity index (χ0v) is 14.1. The van der Waals surface area contributed by atoms with Gasteiger partial charge in [0.2, 0.25) is 0 Å². The smallest absolute Gasteiger partial charge is 0.338 e. The van der Waals surface area contributed by atoms with Crippen LogP contribution in [0.4, 0.5) is 0 Å². The summed E-state index contributed by atoms with van der Waals surface area (Å²) in [5.74, 6) is -0.798. The van der Waals surface area contributed by atoms with E-state index in [2.05, 4.69) is 0 Å². The molecule has 124 valence electrons. The summed E-state index contributed by atoms with van der Waals surface area (Å²) in [5, 5.41) is 0.533. The van der Waals surface area contributed by atoms with Crippen LogP contribution in [0.5, 0.6) is 0 Å². The second-order valence-corrected chi connectivity index (χ2v) is 5.89. The molecule has 3 nitrogen and oxygen atoms in total. The molecule has 3 aromatic carbocycles. The lowest BCUT2D eigenvalue weighted by atomic mass is 10.0. The quantitative estimate of drug-likeness (QED) is 0.478. The number of hydrogen-bond donors (Lipinski definition) is 0. The largest absolute Gasteiger partial charge is 0.454 e. The molecule has 0 heterocycles. The highest BCUT2D eigenvalue weighted by Crippen LogP contribution is 2.19. The lowest BCUT2D eigenvalue weighted by Gasteiger charge is -2.06. The Labute approximate surface area is 150 Å². The van der Waals surface area contributed by atoms with E-state index in [1.165, 1.54) is 0 Å².